The van der Waals surface area contributed by atoms with Crippen LogP contribution in [0.3, 0.4) is 0 Å². The maximum Gasteiger partial charge on any atom is 0.407 e. The van der Waals surface area contributed by atoms with Gasteiger partial charge in [-0.1, -0.05) is 47.5 Å². The van der Waals surface area contributed by atoms with Gasteiger partial charge in [0.25, 0.3) is 0 Å². The summed E-state index contributed by atoms with van der Waals surface area (Å²) in [5.74, 6) is -1.67. The molecule has 3 aromatic carbocycles. The standard InChI is InChI=1S/C26H24Cl2F2N2O2/c1-31(26(33)34)15-24(18-10-22(29)12-23(30)11-18)19-13-32(14-19)25(16-2-6-20(27)7-3-16)17-4-8-21(28)9-5-17/h2-12,19,24-25H,13-15H2,1H3,(H,33,34). The van der Waals surface area contributed by atoms with E-state index in [0.717, 1.165) is 22.1 Å². The van der Waals surface area contributed by atoms with Gasteiger partial charge in [-0.15, -0.1) is 0 Å². The van der Waals surface area contributed by atoms with Crippen molar-refractivity contribution in [1.29, 1.82) is 0 Å². The van der Waals surface area contributed by atoms with E-state index in [4.69, 9.17) is 23.2 Å². The fourth-order valence-corrected chi connectivity index (χ4v) is 4.86. The van der Waals surface area contributed by atoms with E-state index in [0.29, 0.717) is 28.7 Å². The lowest BCUT2D eigenvalue weighted by Crippen LogP contribution is -2.52. The molecule has 0 saturated carbocycles. The van der Waals surface area contributed by atoms with Crippen molar-refractivity contribution in [2.45, 2.75) is 12.0 Å². The van der Waals surface area contributed by atoms with Gasteiger partial charge >= 0.3 is 6.09 Å². The van der Waals surface area contributed by atoms with Crippen LogP contribution in [-0.4, -0.2) is 47.7 Å². The molecule has 1 heterocycles. The van der Waals surface area contributed by atoms with Crippen molar-refractivity contribution in [3.63, 3.8) is 0 Å². The largest absolute Gasteiger partial charge is 0.465 e. The number of hydrogen-bond donors (Lipinski definition) is 1. The van der Waals surface area contributed by atoms with Crippen LogP contribution in [0.1, 0.15) is 28.7 Å². The van der Waals surface area contributed by atoms with E-state index in [9.17, 15) is 18.7 Å². The predicted molar refractivity (Wildman–Crippen MR) is 130 cm³/mol. The van der Waals surface area contributed by atoms with E-state index >= 15 is 0 Å². The van der Waals surface area contributed by atoms with E-state index < -0.39 is 17.7 Å². The molecule has 1 aliphatic heterocycles. The monoisotopic (exact) mass is 504 g/mol. The summed E-state index contributed by atoms with van der Waals surface area (Å²) in [6.07, 6.45) is -1.08. The Morgan fingerprint density at radius 1 is 0.941 bits per heavy atom. The number of amides is 1. The molecule has 1 atom stereocenters. The van der Waals surface area contributed by atoms with Gasteiger partial charge in [-0.25, -0.2) is 13.6 Å². The molecule has 1 unspecified atom stereocenters. The van der Waals surface area contributed by atoms with Crippen molar-refractivity contribution in [2.24, 2.45) is 5.92 Å². The van der Waals surface area contributed by atoms with Gasteiger partial charge in [0.2, 0.25) is 0 Å². The first-order valence-corrected chi connectivity index (χ1v) is 11.6. The van der Waals surface area contributed by atoms with Gasteiger partial charge in [0.1, 0.15) is 11.6 Å². The average molecular weight is 505 g/mol. The van der Waals surface area contributed by atoms with Crippen LogP contribution in [-0.2, 0) is 0 Å². The second-order valence-electron chi connectivity index (χ2n) is 8.69. The van der Waals surface area contributed by atoms with Gasteiger partial charge in [-0.3, -0.25) is 4.90 Å². The first kappa shape index (κ1) is 24.5. The molecule has 0 radical (unpaired) electrons. The van der Waals surface area contributed by atoms with Crippen LogP contribution < -0.4 is 0 Å². The number of rotatable bonds is 7. The third-order valence-electron chi connectivity index (χ3n) is 6.35. The highest BCUT2D eigenvalue weighted by atomic mass is 35.5. The van der Waals surface area contributed by atoms with Crippen molar-refractivity contribution in [3.8, 4) is 0 Å². The molecule has 1 amide bonds. The van der Waals surface area contributed by atoms with Crippen molar-refractivity contribution in [2.75, 3.05) is 26.7 Å². The molecule has 8 heteroatoms. The van der Waals surface area contributed by atoms with Gasteiger partial charge in [0.15, 0.2) is 0 Å². The fraction of sp³-hybridized carbons (Fsp3) is 0.269. The Bertz CT molecular complexity index is 1090. The van der Waals surface area contributed by atoms with Crippen LogP contribution in [0, 0.1) is 17.6 Å². The van der Waals surface area contributed by atoms with Crippen molar-refractivity contribution in [3.05, 3.63) is 105 Å². The van der Waals surface area contributed by atoms with Gasteiger partial charge in [0, 0.05) is 48.7 Å². The van der Waals surface area contributed by atoms with Crippen LogP contribution >= 0.6 is 23.2 Å². The third kappa shape index (κ3) is 5.52. The molecule has 3 aromatic rings. The molecule has 1 N–H and O–H groups in total. The minimum absolute atomic E-state index is 0.0186. The lowest BCUT2D eigenvalue weighted by molar-refractivity contribution is 0.0439. The van der Waals surface area contributed by atoms with E-state index in [1.807, 2.05) is 48.5 Å². The summed E-state index contributed by atoms with van der Waals surface area (Å²) >= 11 is 12.2. The maximum absolute atomic E-state index is 14.0. The number of likely N-dealkylation sites (tertiary alicyclic amines) is 1. The summed E-state index contributed by atoms with van der Waals surface area (Å²) < 4.78 is 28.0. The number of likely N-dealkylation sites (N-methyl/N-ethyl adjacent to an activating group) is 1. The Morgan fingerprint density at radius 2 is 1.41 bits per heavy atom. The van der Waals surface area contributed by atoms with Crippen LogP contribution in [0.25, 0.3) is 0 Å². The van der Waals surface area contributed by atoms with Crippen LogP contribution in [0.5, 0.6) is 0 Å². The fourth-order valence-electron chi connectivity index (χ4n) is 4.61. The predicted octanol–water partition coefficient (Wildman–Crippen LogP) is 6.69. The SMILES string of the molecule is CN(CC(c1cc(F)cc(F)c1)C1CN(C(c2ccc(Cl)cc2)c2ccc(Cl)cc2)C1)C(=O)O. The Labute approximate surface area is 207 Å². The van der Waals surface area contributed by atoms with Crippen LogP contribution in [0.15, 0.2) is 66.7 Å². The van der Waals surface area contributed by atoms with Gasteiger partial charge < -0.3 is 10.0 Å². The molecular formula is C26H24Cl2F2N2O2. The first-order chi connectivity index (χ1) is 16.2. The van der Waals surface area contributed by atoms with Crippen molar-refractivity contribution in [1.82, 2.24) is 9.80 Å². The molecule has 1 saturated heterocycles. The lowest BCUT2D eigenvalue weighted by Gasteiger charge is -2.48. The molecule has 1 aliphatic rings. The molecule has 1 fully saturated rings. The molecule has 4 nitrogen and oxygen atoms in total. The summed E-state index contributed by atoms with van der Waals surface area (Å²) in [5.41, 5.74) is 2.58. The zero-order valence-corrected chi connectivity index (χ0v) is 20.0. The molecule has 0 bridgehead atoms. The van der Waals surface area contributed by atoms with Crippen molar-refractivity contribution < 1.29 is 18.7 Å². The summed E-state index contributed by atoms with van der Waals surface area (Å²) in [6.45, 7) is 1.40. The zero-order chi connectivity index (χ0) is 24.4. The number of carbonyl (C=O) groups is 1. The van der Waals surface area contributed by atoms with E-state index in [-0.39, 0.29) is 24.4 Å². The van der Waals surface area contributed by atoms with E-state index in [1.165, 1.54) is 19.2 Å². The van der Waals surface area contributed by atoms with Gasteiger partial charge in [-0.2, -0.15) is 0 Å². The number of carboxylic acid groups (broad SMARTS) is 1. The van der Waals surface area contributed by atoms with E-state index in [1.54, 1.807) is 0 Å². The number of halogens is 4. The summed E-state index contributed by atoms with van der Waals surface area (Å²) in [7, 11) is 1.46. The Kier molecular flexibility index (Phi) is 7.41. The molecule has 0 aliphatic carbocycles. The highest BCUT2D eigenvalue weighted by molar-refractivity contribution is 6.30. The maximum atomic E-state index is 14.0. The van der Waals surface area contributed by atoms with Crippen LogP contribution in [0.4, 0.5) is 13.6 Å². The first-order valence-electron chi connectivity index (χ1n) is 10.9. The van der Waals surface area contributed by atoms with E-state index in [2.05, 4.69) is 4.90 Å². The average Bonchev–Trinajstić information content (AvgIpc) is 2.75. The topological polar surface area (TPSA) is 43.8 Å². The van der Waals surface area contributed by atoms with Gasteiger partial charge in [0.05, 0.1) is 6.04 Å². The normalized spacial score (nSPS) is 15.2. The van der Waals surface area contributed by atoms with Crippen molar-refractivity contribution >= 4 is 29.3 Å². The second-order valence-corrected chi connectivity index (χ2v) is 9.56. The minimum Gasteiger partial charge on any atom is -0.465 e. The second kappa shape index (κ2) is 10.3. The summed E-state index contributed by atoms with van der Waals surface area (Å²) in [5, 5.41) is 10.7. The molecule has 34 heavy (non-hydrogen) atoms. The molecule has 0 aromatic heterocycles. The Hall–Kier alpha value is -2.67. The highest BCUT2D eigenvalue weighted by Gasteiger charge is 2.39. The molecule has 178 valence electrons. The Balaban J connectivity index is 1.61. The molecular weight excluding hydrogens is 481 g/mol. The zero-order valence-electron chi connectivity index (χ0n) is 18.5. The van der Waals surface area contributed by atoms with Crippen LogP contribution in [0.2, 0.25) is 10.0 Å². The molecule has 4 rings (SSSR count). The third-order valence-corrected chi connectivity index (χ3v) is 6.86. The molecule has 0 spiro atoms. The summed E-state index contributed by atoms with van der Waals surface area (Å²) in [6, 6.07) is 18.6. The number of nitrogens with zero attached hydrogens (tertiary/aromatic N) is 2. The van der Waals surface area contributed by atoms with Gasteiger partial charge in [-0.05, 0) is 59.0 Å². The quantitative estimate of drug-likeness (QED) is 0.389. The number of benzene rings is 3. The summed E-state index contributed by atoms with van der Waals surface area (Å²) in [4.78, 5) is 14.9. The smallest absolute Gasteiger partial charge is 0.407 e. The highest BCUT2D eigenvalue weighted by Crippen LogP contribution is 2.40. The lowest BCUT2D eigenvalue weighted by atomic mass is 9.78. The Morgan fingerprint density at radius 3 is 1.85 bits per heavy atom. The number of hydrogen-bond acceptors (Lipinski definition) is 2. The minimum atomic E-state index is -1.08.